The number of aromatic nitrogens is 1. The molecule has 128 valence electrons. The van der Waals surface area contributed by atoms with Gasteiger partial charge in [0.15, 0.2) is 6.61 Å². The van der Waals surface area contributed by atoms with E-state index in [1.54, 1.807) is 48.7 Å². The molecular formula is C20H16N4O2. The van der Waals surface area contributed by atoms with Crippen molar-refractivity contribution in [3.63, 3.8) is 0 Å². The number of nitriles is 1. The first kappa shape index (κ1) is 17.0. The minimum absolute atomic E-state index is 0.0906. The van der Waals surface area contributed by atoms with Gasteiger partial charge in [0.25, 0.3) is 5.91 Å². The zero-order valence-electron chi connectivity index (χ0n) is 13.8. The first-order valence-corrected chi connectivity index (χ1v) is 7.94. The van der Waals surface area contributed by atoms with E-state index >= 15 is 0 Å². The summed E-state index contributed by atoms with van der Waals surface area (Å²) in [6.45, 7) is -0.0906. The molecule has 2 N–H and O–H groups in total. The molecule has 0 bridgehead atoms. The molecule has 0 saturated carbocycles. The van der Waals surface area contributed by atoms with Crippen LogP contribution in [-0.2, 0) is 4.79 Å². The highest BCUT2D eigenvalue weighted by molar-refractivity contribution is 5.91. The molecule has 3 rings (SSSR count). The van der Waals surface area contributed by atoms with Crippen LogP contribution < -0.4 is 15.4 Å². The first-order valence-electron chi connectivity index (χ1n) is 7.94. The molecule has 0 radical (unpaired) electrons. The number of nitrogens with zero attached hydrogens (tertiary/aromatic N) is 2. The molecule has 1 amide bonds. The highest BCUT2D eigenvalue weighted by Crippen LogP contribution is 2.18. The van der Waals surface area contributed by atoms with Crippen LogP contribution in [0, 0.1) is 11.3 Å². The standard InChI is InChI=1S/C20H16N4O2/c21-12-15-5-4-6-16(11-15)23-17-9-10-19(22-13-17)24-20(25)14-26-18-7-2-1-3-8-18/h1-11,13,23H,14H2,(H,22,24,25). The molecule has 0 atom stereocenters. The monoisotopic (exact) mass is 344 g/mol. The quantitative estimate of drug-likeness (QED) is 0.712. The number of carbonyl (C=O) groups is 1. The van der Waals surface area contributed by atoms with Gasteiger partial charge < -0.3 is 15.4 Å². The highest BCUT2D eigenvalue weighted by atomic mass is 16.5. The topological polar surface area (TPSA) is 87.0 Å². The van der Waals surface area contributed by atoms with Crippen LogP contribution in [0.25, 0.3) is 0 Å². The van der Waals surface area contributed by atoms with Crippen LogP contribution in [-0.4, -0.2) is 17.5 Å². The van der Waals surface area contributed by atoms with Crippen molar-refractivity contribution in [3.8, 4) is 11.8 Å². The van der Waals surface area contributed by atoms with Gasteiger partial charge in [-0.2, -0.15) is 5.26 Å². The van der Waals surface area contributed by atoms with Crippen LogP contribution in [0.5, 0.6) is 5.75 Å². The van der Waals surface area contributed by atoms with Gasteiger partial charge in [-0.1, -0.05) is 24.3 Å². The van der Waals surface area contributed by atoms with E-state index in [2.05, 4.69) is 21.7 Å². The number of rotatable bonds is 6. The summed E-state index contributed by atoms with van der Waals surface area (Å²) in [4.78, 5) is 16.1. The Hall–Kier alpha value is -3.85. The van der Waals surface area contributed by atoms with E-state index in [9.17, 15) is 4.79 Å². The lowest BCUT2D eigenvalue weighted by atomic mass is 10.2. The Bertz CT molecular complexity index is 919. The van der Waals surface area contributed by atoms with Gasteiger partial charge in [-0.05, 0) is 42.5 Å². The molecule has 0 unspecified atom stereocenters. The van der Waals surface area contributed by atoms with Crippen LogP contribution in [0.3, 0.4) is 0 Å². The van der Waals surface area contributed by atoms with Gasteiger partial charge in [-0.3, -0.25) is 4.79 Å². The van der Waals surface area contributed by atoms with Gasteiger partial charge in [-0.25, -0.2) is 4.98 Å². The number of nitrogens with one attached hydrogen (secondary N) is 2. The van der Waals surface area contributed by atoms with E-state index in [0.29, 0.717) is 17.1 Å². The average molecular weight is 344 g/mol. The Balaban J connectivity index is 1.54. The lowest BCUT2D eigenvalue weighted by Crippen LogP contribution is -2.20. The summed E-state index contributed by atoms with van der Waals surface area (Å²) in [5.41, 5.74) is 2.11. The predicted octanol–water partition coefficient (Wildman–Crippen LogP) is 3.71. The average Bonchev–Trinajstić information content (AvgIpc) is 2.69. The lowest BCUT2D eigenvalue weighted by Gasteiger charge is -2.09. The van der Waals surface area contributed by atoms with Crippen molar-refractivity contribution in [2.45, 2.75) is 0 Å². The number of carbonyl (C=O) groups excluding carboxylic acids is 1. The van der Waals surface area contributed by atoms with E-state index in [1.165, 1.54) is 0 Å². The maximum Gasteiger partial charge on any atom is 0.263 e. The third-order valence-electron chi connectivity index (χ3n) is 3.42. The number of benzene rings is 2. The highest BCUT2D eigenvalue weighted by Gasteiger charge is 2.05. The van der Waals surface area contributed by atoms with Gasteiger partial charge >= 0.3 is 0 Å². The van der Waals surface area contributed by atoms with Crippen LogP contribution in [0.2, 0.25) is 0 Å². The second-order valence-corrected chi connectivity index (χ2v) is 5.40. The van der Waals surface area contributed by atoms with E-state index in [4.69, 9.17) is 10.00 Å². The molecule has 6 nitrogen and oxygen atoms in total. The fraction of sp³-hybridized carbons (Fsp3) is 0.0500. The van der Waals surface area contributed by atoms with E-state index in [0.717, 1.165) is 11.4 Å². The Kier molecular flexibility index (Phi) is 5.43. The Morgan fingerprint density at radius 1 is 1.04 bits per heavy atom. The Morgan fingerprint density at radius 2 is 1.88 bits per heavy atom. The SMILES string of the molecule is N#Cc1cccc(Nc2ccc(NC(=O)COc3ccccc3)nc2)c1. The third-order valence-corrected chi connectivity index (χ3v) is 3.42. The molecule has 3 aromatic rings. The second kappa shape index (κ2) is 8.31. The minimum atomic E-state index is -0.288. The molecule has 1 heterocycles. The summed E-state index contributed by atoms with van der Waals surface area (Å²) in [6.07, 6.45) is 1.60. The summed E-state index contributed by atoms with van der Waals surface area (Å²) < 4.78 is 5.39. The predicted molar refractivity (Wildman–Crippen MR) is 99.2 cm³/mol. The fourth-order valence-corrected chi connectivity index (χ4v) is 2.22. The fourth-order valence-electron chi connectivity index (χ4n) is 2.22. The Morgan fingerprint density at radius 3 is 2.62 bits per heavy atom. The van der Waals surface area contributed by atoms with Crippen molar-refractivity contribution in [1.82, 2.24) is 4.98 Å². The van der Waals surface area contributed by atoms with Crippen molar-refractivity contribution >= 4 is 23.1 Å². The number of pyridine rings is 1. The van der Waals surface area contributed by atoms with Gasteiger partial charge in [0.2, 0.25) is 0 Å². The maximum absolute atomic E-state index is 11.9. The van der Waals surface area contributed by atoms with Crippen LogP contribution in [0.1, 0.15) is 5.56 Å². The molecule has 0 spiro atoms. The van der Waals surface area contributed by atoms with Gasteiger partial charge in [0.05, 0.1) is 23.5 Å². The molecule has 6 heteroatoms. The van der Waals surface area contributed by atoms with Gasteiger partial charge in [0.1, 0.15) is 11.6 Å². The molecule has 26 heavy (non-hydrogen) atoms. The van der Waals surface area contributed by atoms with Crippen molar-refractivity contribution in [2.24, 2.45) is 0 Å². The summed E-state index contributed by atoms with van der Waals surface area (Å²) in [6, 6.07) is 21.8. The molecule has 1 aromatic heterocycles. The molecule has 0 aliphatic rings. The van der Waals surface area contributed by atoms with E-state index in [-0.39, 0.29) is 12.5 Å². The van der Waals surface area contributed by atoms with E-state index in [1.807, 2.05) is 24.3 Å². The molecule has 2 aromatic carbocycles. The van der Waals surface area contributed by atoms with Crippen molar-refractivity contribution < 1.29 is 9.53 Å². The maximum atomic E-state index is 11.9. The number of hydrogen-bond donors (Lipinski definition) is 2. The largest absolute Gasteiger partial charge is 0.484 e. The third kappa shape index (κ3) is 4.82. The molecule has 0 aliphatic carbocycles. The summed E-state index contributed by atoms with van der Waals surface area (Å²) in [5, 5.41) is 14.8. The number of ether oxygens (including phenoxy) is 1. The zero-order valence-corrected chi connectivity index (χ0v) is 13.8. The minimum Gasteiger partial charge on any atom is -0.484 e. The normalized spacial score (nSPS) is 9.81. The van der Waals surface area contributed by atoms with Crippen molar-refractivity contribution in [3.05, 3.63) is 78.5 Å². The van der Waals surface area contributed by atoms with Gasteiger partial charge in [0, 0.05) is 5.69 Å². The number of hydrogen-bond acceptors (Lipinski definition) is 5. The zero-order chi connectivity index (χ0) is 18.2. The summed E-state index contributed by atoms with van der Waals surface area (Å²) in [7, 11) is 0. The number of para-hydroxylation sites is 1. The van der Waals surface area contributed by atoms with Crippen molar-refractivity contribution in [2.75, 3.05) is 17.2 Å². The second-order valence-electron chi connectivity index (χ2n) is 5.40. The van der Waals surface area contributed by atoms with Crippen LogP contribution in [0.4, 0.5) is 17.2 Å². The number of anilines is 3. The summed E-state index contributed by atoms with van der Waals surface area (Å²) in [5.74, 6) is 0.779. The smallest absolute Gasteiger partial charge is 0.263 e. The lowest BCUT2D eigenvalue weighted by molar-refractivity contribution is -0.118. The molecule has 0 aliphatic heterocycles. The molecule has 0 saturated heterocycles. The Labute approximate surface area is 151 Å². The van der Waals surface area contributed by atoms with Crippen LogP contribution in [0.15, 0.2) is 72.9 Å². The summed E-state index contributed by atoms with van der Waals surface area (Å²) >= 11 is 0. The van der Waals surface area contributed by atoms with Crippen molar-refractivity contribution in [1.29, 1.82) is 5.26 Å². The van der Waals surface area contributed by atoms with Gasteiger partial charge in [-0.15, -0.1) is 0 Å². The van der Waals surface area contributed by atoms with Crippen LogP contribution >= 0.6 is 0 Å². The molecular weight excluding hydrogens is 328 g/mol. The molecule has 0 fully saturated rings. The van der Waals surface area contributed by atoms with E-state index < -0.39 is 0 Å². The first-order chi connectivity index (χ1) is 12.7. The number of amides is 1.